The van der Waals surface area contributed by atoms with Crippen molar-refractivity contribution in [1.82, 2.24) is 10.2 Å². The van der Waals surface area contributed by atoms with Crippen molar-refractivity contribution in [3.63, 3.8) is 0 Å². The second-order valence-electron chi connectivity index (χ2n) is 7.07. The Hall–Kier alpha value is -0.120. The van der Waals surface area contributed by atoms with Crippen molar-refractivity contribution in [3.05, 3.63) is 0 Å². The summed E-state index contributed by atoms with van der Waals surface area (Å²) in [5.74, 6) is 0.718. The van der Waals surface area contributed by atoms with Crippen molar-refractivity contribution >= 4 is 0 Å². The van der Waals surface area contributed by atoms with E-state index in [1.807, 2.05) is 0 Å². The molecule has 1 aliphatic heterocycles. The molecule has 0 aromatic rings. The van der Waals surface area contributed by atoms with Gasteiger partial charge in [0.2, 0.25) is 0 Å². The van der Waals surface area contributed by atoms with E-state index in [4.69, 9.17) is 4.74 Å². The molecule has 20 heavy (non-hydrogen) atoms. The van der Waals surface area contributed by atoms with Gasteiger partial charge in [-0.2, -0.15) is 0 Å². The number of hydrogen-bond acceptors (Lipinski definition) is 3. The number of nitrogens with one attached hydrogen (secondary N) is 1. The van der Waals surface area contributed by atoms with E-state index in [1.54, 1.807) is 0 Å². The molecule has 0 radical (unpaired) electrons. The third-order valence-corrected chi connectivity index (χ3v) is 5.22. The van der Waals surface area contributed by atoms with Gasteiger partial charge in [-0.05, 0) is 25.2 Å². The molecule has 118 valence electrons. The third-order valence-electron chi connectivity index (χ3n) is 5.22. The first kappa shape index (κ1) is 16.3. The molecule has 2 rings (SSSR count). The van der Waals surface area contributed by atoms with Gasteiger partial charge < -0.3 is 10.1 Å². The molecule has 3 heteroatoms. The van der Waals surface area contributed by atoms with Gasteiger partial charge in [-0.1, -0.05) is 40.0 Å². The summed E-state index contributed by atoms with van der Waals surface area (Å²) in [6, 6.07) is 0.647. The van der Waals surface area contributed by atoms with E-state index < -0.39 is 0 Å². The molecule has 0 aromatic carbocycles. The Balaban J connectivity index is 1.94. The highest BCUT2D eigenvalue weighted by molar-refractivity contribution is 5.01. The first-order valence-electron chi connectivity index (χ1n) is 8.74. The van der Waals surface area contributed by atoms with E-state index in [0.29, 0.717) is 11.6 Å². The zero-order valence-corrected chi connectivity index (χ0v) is 13.8. The second-order valence-corrected chi connectivity index (χ2v) is 7.07. The fourth-order valence-electron chi connectivity index (χ4n) is 3.83. The number of nitrogens with zero attached hydrogens (tertiary/aromatic N) is 1. The Kier molecular flexibility index (Phi) is 6.31. The van der Waals surface area contributed by atoms with Crippen LogP contribution in [0.25, 0.3) is 0 Å². The van der Waals surface area contributed by atoms with Crippen molar-refractivity contribution in [2.45, 2.75) is 70.9 Å². The molecule has 1 atom stereocenters. The van der Waals surface area contributed by atoms with Crippen LogP contribution < -0.4 is 5.32 Å². The molecule has 1 saturated carbocycles. The van der Waals surface area contributed by atoms with Gasteiger partial charge in [-0.15, -0.1) is 0 Å². The Bertz CT molecular complexity index is 274. The molecule has 2 aliphatic rings. The maximum atomic E-state index is 5.75. The third kappa shape index (κ3) is 3.96. The maximum Gasteiger partial charge on any atom is 0.0593 e. The van der Waals surface area contributed by atoms with Crippen LogP contribution in [-0.4, -0.2) is 49.3 Å². The van der Waals surface area contributed by atoms with E-state index in [1.165, 1.54) is 45.2 Å². The molecule has 0 aromatic heterocycles. The summed E-state index contributed by atoms with van der Waals surface area (Å²) >= 11 is 0. The quantitative estimate of drug-likeness (QED) is 0.758. The predicted molar refractivity (Wildman–Crippen MR) is 85.1 cm³/mol. The van der Waals surface area contributed by atoms with Crippen LogP contribution in [0, 0.1) is 5.92 Å². The summed E-state index contributed by atoms with van der Waals surface area (Å²) in [5.41, 5.74) is 0.430. The first-order chi connectivity index (χ1) is 9.68. The largest absolute Gasteiger partial charge is 0.380 e. The molecule has 1 heterocycles. The van der Waals surface area contributed by atoms with Gasteiger partial charge in [0.05, 0.1) is 6.61 Å². The van der Waals surface area contributed by atoms with E-state index in [2.05, 4.69) is 31.0 Å². The highest BCUT2D eigenvalue weighted by Crippen LogP contribution is 2.35. The lowest BCUT2D eigenvalue weighted by Crippen LogP contribution is -2.66. The summed E-state index contributed by atoms with van der Waals surface area (Å²) < 4.78 is 5.75. The fraction of sp³-hybridized carbons (Fsp3) is 1.00. The van der Waals surface area contributed by atoms with Crippen LogP contribution in [0.4, 0.5) is 0 Å². The zero-order valence-electron chi connectivity index (χ0n) is 13.8. The monoisotopic (exact) mass is 282 g/mol. The van der Waals surface area contributed by atoms with Crippen LogP contribution in [-0.2, 0) is 4.74 Å². The number of piperazine rings is 1. The SMILES string of the molecule is CCCOCCN1CC(C(C)C)NCC12CCCCC2. The van der Waals surface area contributed by atoms with Gasteiger partial charge in [0, 0.05) is 37.8 Å². The average molecular weight is 282 g/mol. The normalized spacial score (nSPS) is 27.3. The zero-order chi connectivity index (χ0) is 14.4. The summed E-state index contributed by atoms with van der Waals surface area (Å²) in [6.45, 7) is 12.2. The highest BCUT2D eigenvalue weighted by Gasteiger charge is 2.42. The topological polar surface area (TPSA) is 24.5 Å². The lowest BCUT2D eigenvalue weighted by Gasteiger charge is -2.53. The van der Waals surface area contributed by atoms with Crippen LogP contribution in [0.3, 0.4) is 0 Å². The van der Waals surface area contributed by atoms with Crippen molar-refractivity contribution in [2.24, 2.45) is 5.92 Å². The van der Waals surface area contributed by atoms with Crippen LogP contribution in [0.5, 0.6) is 0 Å². The molecule has 3 nitrogen and oxygen atoms in total. The summed E-state index contributed by atoms with van der Waals surface area (Å²) in [5, 5.41) is 3.83. The molecule has 0 amide bonds. The number of hydrogen-bond donors (Lipinski definition) is 1. The van der Waals surface area contributed by atoms with Gasteiger partial charge in [0.15, 0.2) is 0 Å². The molecule has 2 fully saturated rings. The van der Waals surface area contributed by atoms with Crippen LogP contribution in [0.2, 0.25) is 0 Å². The molecule has 1 spiro atoms. The molecule has 1 N–H and O–H groups in total. The maximum absolute atomic E-state index is 5.75. The Morgan fingerprint density at radius 3 is 2.60 bits per heavy atom. The van der Waals surface area contributed by atoms with E-state index in [-0.39, 0.29) is 0 Å². The van der Waals surface area contributed by atoms with Gasteiger partial charge in [0.1, 0.15) is 0 Å². The van der Waals surface area contributed by atoms with Crippen molar-refractivity contribution < 1.29 is 4.74 Å². The Labute approximate surface area is 125 Å². The van der Waals surface area contributed by atoms with Crippen molar-refractivity contribution in [2.75, 3.05) is 32.8 Å². The van der Waals surface area contributed by atoms with Gasteiger partial charge in [-0.3, -0.25) is 4.90 Å². The van der Waals surface area contributed by atoms with Gasteiger partial charge in [-0.25, -0.2) is 0 Å². The highest BCUT2D eigenvalue weighted by atomic mass is 16.5. The van der Waals surface area contributed by atoms with E-state index >= 15 is 0 Å². The van der Waals surface area contributed by atoms with Crippen LogP contribution in [0.1, 0.15) is 59.3 Å². The minimum Gasteiger partial charge on any atom is -0.380 e. The molecule has 1 saturated heterocycles. The molecular weight excluding hydrogens is 248 g/mol. The summed E-state index contributed by atoms with van der Waals surface area (Å²) in [6.07, 6.45) is 8.11. The van der Waals surface area contributed by atoms with E-state index in [0.717, 1.165) is 32.1 Å². The average Bonchev–Trinajstić information content (AvgIpc) is 2.46. The lowest BCUT2D eigenvalue weighted by atomic mass is 9.77. The number of rotatable bonds is 6. The van der Waals surface area contributed by atoms with Crippen molar-refractivity contribution in [1.29, 1.82) is 0 Å². The first-order valence-corrected chi connectivity index (χ1v) is 8.74. The summed E-state index contributed by atoms with van der Waals surface area (Å²) in [7, 11) is 0. The fourth-order valence-corrected chi connectivity index (χ4v) is 3.83. The smallest absolute Gasteiger partial charge is 0.0593 e. The minimum atomic E-state index is 0.430. The van der Waals surface area contributed by atoms with Crippen LogP contribution >= 0.6 is 0 Å². The molecule has 0 bridgehead atoms. The standard InChI is InChI=1S/C17H34N2O/c1-4-11-20-12-10-19-13-16(15(2)3)18-14-17(19)8-6-5-7-9-17/h15-16,18H,4-14H2,1-3H3. The van der Waals surface area contributed by atoms with Crippen LogP contribution in [0.15, 0.2) is 0 Å². The molecule has 1 unspecified atom stereocenters. The molecular formula is C17H34N2O. The van der Waals surface area contributed by atoms with E-state index in [9.17, 15) is 0 Å². The minimum absolute atomic E-state index is 0.430. The lowest BCUT2D eigenvalue weighted by molar-refractivity contribution is -0.0174. The van der Waals surface area contributed by atoms with Gasteiger partial charge in [0.25, 0.3) is 0 Å². The second kappa shape index (κ2) is 7.77. The summed E-state index contributed by atoms with van der Waals surface area (Å²) in [4.78, 5) is 2.77. The Morgan fingerprint density at radius 2 is 1.95 bits per heavy atom. The van der Waals surface area contributed by atoms with Gasteiger partial charge >= 0.3 is 0 Å². The Morgan fingerprint density at radius 1 is 1.20 bits per heavy atom. The molecule has 1 aliphatic carbocycles. The predicted octanol–water partition coefficient (Wildman–Crippen LogP) is 3.05. The number of ether oxygens (including phenoxy) is 1. The van der Waals surface area contributed by atoms with Crippen molar-refractivity contribution in [3.8, 4) is 0 Å².